The van der Waals surface area contributed by atoms with Gasteiger partial charge in [-0.05, 0) is 24.0 Å². The third-order valence-corrected chi connectivity index (χ3v) is 1.94. The van der Waals surface area contributed by atoms with Crippen LogP contribution in [0.4, 0.5) is 0 Å². The first-order valence-electron chi connectivity index (χ1n) is 3.91. The summed E-state index contributed by atoms with van der Waals surface area (Å²) in [6.07, 6.45) is 0. The number of rotatable bonds is 0. The van der Waals surface area contributed by atoms with Crippen molar-refractivity contribution in [1.29, 1.82) is 0 Å². The van der Waals surface area contributed by atoms with Gasteiger partial charge in [-0.1, -0.05) is 32.4 Å². The molecule has 0 amide bonds. The van der Waals surface area contributed by atoms with E-state index in [0.29, 0.717) is 5.15 Å². The summed E-state index contributed by atoms with van der Waals surface area (Å²) in [5, 5.41) is 8.19. The Morgan fingerprint density at radius 1 is 1.25 bits per heavy atom. The van der Waals surface area contributed by atoms with Gasteiger partial charge >= 0.3 is 0 Å². The highest BCUT2D eigenvalue weighted by Gasteiger charge is 2.17. The molecule has 1 aromatic heterocycles. The average molecular weight is 185 g/mol. The topological polar surface area (TPSA) is 25.8 Å². The number of nitrogens with zero attached hydrogens (tertiary/aromatic N) is 2. The lowest BCUT2D eigenvalue weighted by Crippen LogP contribution is -2.14. The quantitative estimate of drug-likeness (QED) is 0.620. The Bertz CT molecular complexity index is 289. The van der Waals surface area contributed by atoms with Crippen molar-refractivity contribution in [3.05, 3.63) is 22.5 Å². The maximum Gasteiger partial charge on any atom is 0.152 e. The average Bonchev–Trinajstić information content (AvgIpc) is 1.92. The molecule has 0 saturated carbocycles. The summed E-state index contributed by atoms with van der Waals surface area (Å²) in [4.78, 5) is 0. The number of halogens is 1. The van der Waals surface area contributed by atoms with E-state index in [0.717, 1.165) is 11.3 Å². The van der Waals surface area contributed by atoms with Gasteiger partial charge in [-0.3, -0.25) is 0 Å². The van der Waals surface area contributed by atoms with Crippen LogP contribution in [0.2, 0.25) is 5.15 Å². The molecule has 0 bridgehead atoms. The fraction of sp³-hybridized carbons (Fsp3) is 0.556. The minimum absolute atomic E-state index is 0.0870. The molecule has 0 radical (unpaired) electrons. The van der Waals surface area contributed by atoms with Gasteiger partial charge in [-0.15, -0.1) is 5.10 Å². The van der Waals surface area contributed by atoms with Crippen LogP contribution in [0.15, 0.2) is 6.07 Å². The Morgan fingerprint density at radius 2 is 1.83 bits per heavy atom. The van der Waals surface area contributed by atoms with Crippen LogP contribution in [0.3, 0.4) is 0 Å². The maximum absolute atomic E-state index is 5.75. The third kappa shape index (κ3) is 1.95. The zero-order valence-corrected chi connectivity index (χ0v) is 8.61. The zero-order valence-electron chi connectivity index (χ0n) is 7.85. The Hall–Kier alpha value is -0.630. The van der Waals surface area contributed by atoms with Crippen LogP contribution in [0.25, 0.3) is 0 Å². The zero-order chi connectivity index (χ0) is 9.35. The second-order valence-electron chi connectivity index (χ2n) is 3.92. The number of hydrogen-bond acceptors (Lipinski definition) is 2. The van der Waals surface area contributed by atoms with Gasteiger partial charge in [0.25, 0.3) is 0 Å². The largest absolute Gasteiger partial charge is 0.154 e. The van der Waals surface area contributed by atoms with Crippen LogP contribution >= 0.6 is 11.6 Å². The van der Waals surface area contributed by atoms with E-state index in [1.807, 2.05) is 13.0 Å². The van der Waals surface area contributed by atoms with E-state index in [1.54, 1.807) is 0 Å². The van der Waals surface area contributed by atoms with Crippen LogP contribution in [-0.4, -0.2) is 10.2 Å². The van der Waals surface area contributed by atoms with Crippen LogP contribution in [-0.2, 0) is 5.41 Å². The van der Waals surface area contributed by atoms with Crippen LogP contribution in [0.1, 0.15) is 32.0 Å². The van der Waals surface area contributed by atoms with E-state index in [-0.39, 0.29) is 5.41 Å². The predicted octanol–water partition coefficient (Wildman–Crippen LogP) is 2.74. The van der Waals surface area contributed by atoms with Crippen LogP contribution < -0.4 is 0 Å². The number of aryl methyl sites for hydroxylation is 1. The van der Waals surface area contributed by atoms with Gasteiger partial charge in [0.15, 0.2) is 5.15 Å². The minimum Gasteiger partial charge on any atom is -0.154 e. The molecule has 0 unspecified atom stereocenters. The third-order valence-electron chi connectivity index (χ3n) is 1.76. The van der Waals surface area contributed by atoms with Crippen molar-refractivity contribution in [2.45, 2.75) is 33.1 Å². The van der Waals surface area contributed by atoms with Crippen LogP contribution in [0, 0.1) is 6.92 Å². The number of aromatic nitrogens is 2. The van der Waals surface area contributed by atoms with Gasteiger partial charge in [-0.2, -0.15) is 5.10 Å². The summed E-state index contributed by atoms with van der Waals surface area (Å²) in [6.45, 7) is 8.35. The molecule has 0 aliphatic rings. The van der Waals surface area contributed by atoms with Crippen molar-refractivity contribution in [2.24, 2.45) is 0 Å². The maximum atomic E-state index is 5.75. The van der Waals surface area contributed by atoms with E-state index in [1.165, 1.54) is 0 Å². The molecule has 1 aromatic rings. The molecule has 0 saturated heterocycles. The van der Waals surface area contributed by atoms with E-state index >= 15 is 0 Å². The lowest BCUT2D eigenvalue weighted by atomic mass is 9.86. The van der Waals surface area contributed by atoms with E-state index in [9.17, 15) is 0 Å². The molecule has 0 aliphatic carbocycles. The standard InChI is InChI=1S/C9H13ClN2/c1-6-7(9(2,3)4)5-8(10)12-11-6/h5H,1-4H3. The molecular formula is C9H13ClN2. The normalized spacial score (nSPS) is 11.8. The highest BCUT2D eigenvalue weighted by molar-refractivity contribution is 6.29. The van der Waals surface area contributed by atoms with E-state index in [4.69, 9.17) is 11.6 Å². The molecule has 0 spiro atoms. The summed E-state index contributed by atoms with van der Waals surface area (Å²) in [5.74, 6) is 0. The number of hydrogen-bond donors (Lipinski definition) is 0. The summed E-state index contributed by atoms with van der Waals surface area (Å²) in [6, 6.07) is 1.88. The summed E-state index contributed by atoms with van der Waals surface area (Å²) in [5.41, 5.74) is 2.19. The Balaban J connectivity index is 3.23. The first-order chi connectivity index (χ1) is 5.41. The highest BCUT2D eigenvalue weighted by atomic mass is 35.5. The molecule has 0 fully saturated rings. The van der Waals surface area contributed by atoms with Crippen molar-refractivity contribution < 1.29 is 0 Å². The summed E-state index contributed by atoms with van der Waals surface area (Å²) >= 11 is 5.75. The van der Waals surface area contributed by atoms with E-state index in [2.05, 4.69) is 31.0 Å². The second-order valence-corrected chi connectivity index (χ2v) is 4.30. The molecule has 0 aliphatic heterocycles. The van der Waals surface area contributed by atoms with Crippen molar-refractivity contribution in [1.82, 2.24) is 10.2 Å². The SMILES string of the molecule is Cc1nnc(Cl)cc1C(C)(C)C. The molecule has 0 atom stereocenters. The van der Waals surface area contributed by atoms with E-state index < -0.39 is 0 Å². The lowest BCUT2D eigenvalue weighted by Gasteiger charge is -2.20. The van der Waals surface area contributed by atoms with Gasteiger partial charge < -0.3 is 0 Å². The van der Waals surface area contributed by atoms with Gasteiger partial charge in [0.05, 0.1) is 5.69 Å². The first kappa shape index (κ1) is 9.46. The molecule has 0 N–H and O–H groups in total. The van der Waals surface area contributed by atoms with Crippen molar-refractivity contribution in [3.8, 4) is 0 Å². The first-order valence-corrected chi connectivity index (χ1v) is 4.29. The monoisotopic (exact) mass is 184 g/mol. The summed E-state index contributed by atoms with van der Waals surface area (Å²) in [7, 11) is 0. The molecule has 2 nitrogen and oxygen atoms in total. The molecule has 0 aromatic carbocycles. The predicted molar refractivity (Wildman–Crippen MR) is 50.5 cm³/mol. The fourth-order valence-corrected chi connectivity index (χ4v) is 1.34. The molecule has 66 valence electrons. The molecular weight excluding hydrogens is 172 g/mol. The molecule has 1 rings (SSSR count). The minimum atomic E-state index is 0.0870. The van der Waals surface area contributed by atoms with Gasteiger partial charge in [0.1, 0.15) is 0 Å². The van der Waals surface area contributed by atoms with Crippen LogP contribution in [0.5, 0.6) is 0 Å². The second kappa shape index (κ2) is 3.02. The van der Waals surface area contributed by atoms with Crippen molar-refractivity contribution in [3.63, 3.8) is 0 Å². The smallest absolute Gasteiger partial charge is 0.152 e. The Kier molecular flexibility index (Phi) is 2.38. The summed E-state index contributed by atoms with van der Waals surface area (Å²) < 4.78 is 0. The highest BCUT2D eigenvalue weighted by Crippen LogP contribution is 2.25. The molecule has 1 heterocycles. The van der Waals surface area contributed by atoms with Gasteiger partial charge in [-0.25, -0.2) is 0 Å². The van der Waals surface area contributed by atoms with Gasteiger partial charge in [0.2, 0.25) is 0 Å². The van der Waals surface area contributed by atoms with Crippen molar-refractivity contribution in [2.75, 3.05) is 0 Å². The molecule has 12 heavy (non-hydrogen) atoms. The van der Waals surface area contributed by atoms with Gasteiger partial charge in [0, 0.05) is 0 Å². The van der Waals surface area contributed by atoms with Crippen molar-refractivity contribution >= 4 is 11.6 Å². The Labute approximate surface area is 78.0 Å². The lowest BCUT2D eigenvalue weighted by molar-refractivity contribution is 0.578. The Morgan fingerprint density at radius 3 is 2.25 bits per heavy atom. The fourth-order valence-electron chi connectivity index (χ4n) is 1.19. The molecule has 3 heteroatoms.